The summed E-state index contributed by atoms with van der Waals surface area (Å²) < 4.78 is 4.94. The van der Waals surface area contributed by atoms with Gasteiger partial charge in [0.2, 0.25) is 5.91 Å². The van der Waals surface area contributed by atoms with Gasteiger partial charge in [0, 0.05) is 10.3 Å². The predicted molar refractivity (Wildman–Crippen MR) is 96.8 cm³/mol. The highest BCUT2D eigenvalue weighted by atomic mass is 35.5. The molecule has 0 aliphatic heterocycles. The number of ether oxygens (including phenoxy) is 1. The molecule has 0 spiro atoms. The molecule has 1 N–H and O–H groups in total. The van der Waals surface area contributed by atoms with Crippen LogP contribution in [0.4, 0.5) is 5.13 Å². The fourth-order valence-corrected chi connectivity index (χ4v) is 6.85. The Morgan fingerprint density at radius 1 is 1.36 bits per heavy atom. The third-order valence-electron chi connectivity index (χ3n) is 5.87. The Labute approximate surface area is 156 Å². The maximum atomic E-state index is 13.0. The van der Waals surface area contributed by atoms with Crippen LogP contribution < -0.4 is 5.32 Å². The number of amides is 1. The first-order valence-electron chi connectivity index (χ1n) is 9.00. The molecule has 5 rings (SSSR count). The van der Waals surface area contributed by atoms with E-state index in [1.807, 2.05) is 0 Å². The monoisotopic (exact) mass is 382 g/mol. The van der Waals surface area contributed by atoms with Gasteiger partial charge in [-0.15, -0.1) is 22.9 Å². The number of alkyl halides is 1. The highest BCUT2D eigenvalue weighted by molar-refractivity contribution is 7.13. The van der Waals surface area contributed by atoms with E-state index in [1.165, 1.54) is 17.8 Å². The molecule has 136 valence electrons. The molecule has 1 amide bonds. The first kappa shape index (κ1) is 17.3. The van der Waals surface area contributed by atoms with Crippen molar-refractivity contribution in [2.45, 2.75) is 56.7 Å². The van der Waals surface area contributed by atoms with E-state index in [1.54, 1.807) is 12.3 Å². The van der Waals surface area contributed by atoms with Crippen LogP contribution >= 0.6 is 22.9 Å². The van der Waals surface area contributed by atoms with Gasteiger partial charge in [-0.3, -0.25) is 9.59 Å². The van der Waals surface area contributed by atoms with Gasteiger partial charge in [0.25, 0.3) is 0 Å². The third kappa shape index (κ3) is 3.31. The number of esters is 1. The van der Waals surface area contributed by atoms with Crippen molar-refractivity contribution < 1.29 is 14.3 Å². The Hall–Kier alpha value is -1.14. The van der Waals surface area contributed by atoms with Crippen molar-refractivity contribution in [3.63, 3.8) is 0 Å². The summed E-state index contributed by atoms with van der Waals surface area (Å²) in [6, 6.07) is 0. The number of nitrogens with zero attached hydrogens (tertiary/aromatic N) is 1. The van der Waals surface area contributed by atoms with Crippen molar-refractivity contribution in [2.75, 3.05) is 11.9 Å². The van der Waals surface area contributed by atoms with Crippen LogP contribution in [-0.2, 0) is 20.7 Å². The summed E-state index contributed by atoms with van der Waals surface area (Å²) in [5.74, 6) is 0.930. The van der Waals surface area contributed by atoms with Crippen molar-refractivity contribution in [2.24, 2.45) is 17.3 Å². The highest BCUT2D eigenvalue weighted by Gasteiger charge is 2.60. The van der Waals surface area contributed by atoms with Crippen LogP contribution in [-0.4, -0.2) is 28.3 Å². The second kappa shape index (κ2) is 6.23. The quantitative estimate of drug-likeness (QED) is 0.621. The zero-order valence-electron chi connectivity index (χ0n) is 14.3. The molecule has 0 unspecified atom stereocenters. The molecule has 4 saturated carbocycles. The minimum Gasteiger partial charge on any atom is -0.466 e. The van der Waals surface area contributed by atoms with Crippen molar-refractivity contribution >= 4 is 39.9 Å². The molecule has 7 heteroatoms. The molecule has 1 heterocycles. The van der Waals surface area contributed by atoms with E-state index in [0.29, 0.717) is 29.3 Å². The number of carbonyl (C=O) groups is 2. The summed E-state index contributed by atoms with van der Waals surface area (Å²) in [6.07, 6.45) is 6.16. The van der Waals surface area contributed by atoms with Gasteiger partial charge in [0.05, 0.1) is 24.1 Å². The standard InChI is InChI=1S/C18H23ClN2O3S/c1-2-24-14(22)4-13-9-25-16(20-13)21-15(23)17-5-11-3-12(6-17)8-18(19,7-11)10-17/h9,11-12H,2-8,10H2,1H3,(H,20,21,23)/t11-,12-,17?,18?/m1/s1. The second-order valence-electron chi connectivity index (χ2n) is 7.97. The fourth-order valence-electron chi connectivity index (χ4n) is 5.45. The van der Waals surface area contributed by atoms with Crippen LogP contribution in [0, 0.1) is 17.3 Å². The van der Waals surface area contributed by atoms with Gasteiger partial charge in [0.15, 0.2) is 5.13 Å². The summed E-state index contributed by atoms with van der Waals surface area (Å²) in [5.41, 5.74) is 0.303. The summed E-state index contributed by atoms with van der Waals surface area (Å²) in [5, 5.41) is 5.36. The summed E-state index contributed by atoms with van der Waals surface area (Å²) in [6.45, 7) is 2.14. The predicted octanol–water partition coefficient (Wildman–Crippen LogP) is 3.77. The van der Waals surface area contributed by atoms with Crippen LogP contribution in [0.1, 0.15) is 51.1 Å². The lowest BCUT2D eigenvalue weighted by molar-refractivity contribution is -0.142. The average Bonchev–Trinajstić information content (AvgIpc) is 2.91. The Balaban J connectivity index is 1.44. The Kier molecular flexibility index (Phi) is 4.31. The zero-order valence-corrected chi connectivity index (χ0v) is 15.9. The molecular formula is C18H23ClN2O3S. The lowest BCUT2D eigenvalue weighted by atomic mass is 9.49. The van der Waals surface area contributed by atoms with E-state index in [2.05, 4.69) is 10.3 Å². The maximum absolute atomic E-state index is 13.0. The highest BCUT2D eigenvalue weighted by Crippen LogP contribution is 2.64. The van der Waals surface area contributed by atoms with Crippen molar-refractivity contribution in [3.8, 4) is 0 Å². The molecule has 4 aliphatic carbocycles. The molecular weight excluding hydrogens is 360 g/mol. The number of nitrogens with one attached hydrogen (secondary N) is 1. The van der Waals surface area contributed by atoms with Gasteiger partial charge in [-0.25, -0.2) is 4.98 Å². The first-order chi connectivity index (χ1) is 11.9. The molecule has 5 nitrogen and oxygen atoms in total. The normalized spacial score (nSPS) is 35.6. The molecule has 1 aromatic rings. The van der Waals surface area contributed by atoms with E-state index in [4.69, 9.17) is 16.3 Å². The summed E-state index contributed by atoms with van der Waals surface area (Å²) in [7, 11) is 0. The number of hydrogen-bond acceptors (Lipinski definition) is 5. The van der Waals surface area contributed by atoms with Crippen molar-refractivity contribution in [1.82, 2.24) is 4.98 Å². The van der Waals surface area contributed by atoms with Crippen LogP contribution in [0.5, 0.6) is 0 Å². The summed E-state index contributed by atoms with van der Waals surface area (Å²) in [4.78, 5) is 28.8. The van der Waals surface area contributed by atoms with Crippen LogP contribution in [0.25, 0.3) is 0 Å². The third-order valence-corrected chi connectivity index (χ3v) is 7.12. The minimum atomic E-state index is -0.335. The number of aromatic nitrogens is 1. The average molecular weight is 383 g/mol. The number of thiazole rings is 1. The van der Waals surface area contributed by atoms with Crippen molar-refractivity contribution in [1.29, 1.82) is 0 Å². The number of halogens is 1. The number of rotatable bonds is 5. The van der Waals surface area contributed by atoms with E-state index >= 15 is 0 Å². The first-order valence-corrected chi connectivity index (χ1v) is 10.3. The van der Waals surface area contributed by atoms with Crippen LogP contribution in [0.2, 0.25) is 0 Å². The van der Waals surface area contributed by atoms with Crippen molar-refractivity contribution in [3.05, 3.63) is 11.1 Å². The van der Waals surface area contributed by atoms with Gasteiger partial charge in [0.1, 0.15) is 0 Å². The number of carbonyl (C=O) groups excluding carboxylic acids is 2. The lowest BCUT2D eigenvalue weighted by Crippen LogP contribution is -2.57. The van der Waals surface area contributed by atoms with Crippen LogP contribution in [0.3, 0.4) is 0 Å². The minimum absolute atomic E-state index is 0.0589. The van der Waals surface area contributed by atoms with Gasteiger partial charge in [-0.05, 0) is 57.3 Å². The fraction of sp³-hybridized carbons (Fsp3) is 0.722. The molecule has 0 radical (unpaired) electrons. The van der Waals surface area contributed by atoms with Crippen LogP contribution in [0.15, 0.2) is 5.38 Å². The van der Waals surface area contributed by atoms with Gasteiger partial charge in [-0.2, -0.15) is 0 Å². The molecule has 4 fully saturated rings. The molecule has 4 bridgehead atoms. The zero-order chi connectivity index (χ0) is 17.7. The molecule has 0 aromatic carbocycles. The smallest absolute Gasteiger partial charge is 0.311 e. The number of anilines is 1. The molecule has 4 aliphatic rings. The van der Waals surface area contributed by atoms with Gasteiger partial charge >= 0.3 is 5.97 Å². The van der Waals surface area contributed by atoms with E-state index < -0.39 is 0 Å². The van der Waals surface area contributed by atoms with E-state index in [0.717, 1.165) is 32.1 Å². The topological polar surface area (TPSA) is 68.3 Å². The largest absolute Gasteiger partial charge is 0.466 e. The Morgan fingerprint density at radius 2 is 2.08 bits per heavy atom. The number of hydrogen-bond donors (Lipinski definition) is 1. The molecule has 25 heavy (non-hydrogen) atoms. The molecule has 2 atom stereocenters. The second-order valence-corrected chi connectivity index (χ2v) is 9.63. The SMILES string of the molecule is CCOC(=O)Cc1csc(NC(=O)C23C[C@H]4C[C@@H](CC(Cl)(C4)C2)C3)n1. The molecule has 1 aromatic heterocycles. The van der Waals surface area contributed by atoms with Gasteiger partial charge < -0.3 is 10.1 Å². The summed E-state index contributed by atoms with van der Waals surface area (Å²) >= 11 is 8.17. The van der Waals surface area contributed by atoms with E-state index in [9.17, 15) is 9.59 Å². The molecule has 0 saturated heterocycles. The lowest BCUT2D eigenvalue weighted by Gasteiger charge is -2.59. The maximum Gasteiger partial charge on any atom is 0.311 e. The van der Waals surface area contributed by atoms with Gasteiger partial charge in [-0.1, -0.05) is 0 Å². The Bertz CT molecular complexity index is 690. The Morgan fingerprint density at radius 3 is 2.72 bits per heavy atom. The van der Waals surface area contributed by atoms with E-state index in [-0.39, 0.29) is 28.6 Å².